The van der Waals surface area contributed by atoms with Crippen molar-refractivity contribution in [1.82, 2.24) is 9.97 Å². The van der Waals surface area contributed by atoms with Crippen molar-refractivity contribution in [3.63, 3.8) is 0 Å². The lowest BCUT2D eigenvalue weighted by molar-refractivity contribution is 0.861. The van der Waals surface area contributed by atoms with E-state index in [1.807, 2.05) is 42.3 Å². The van der Waals surface area contributed by atoms with Gasteiger partial charge in [-0.1, -0.05) is 17.7 Å². The summed E-state index contributed by atoms with van der Waals surface area (Å²) in [4.78, 5) is 10.7. The maximum atomic E-state index is 5.98. The number of alkyl halides is 1. The lowest BCUT2D eigenvalue weighted by Crippen LogP contribution is -2.18. The van der Waals surface area contributed by atoms with E-state index < -0.39 is 0 Å². The molecule has 2 heterocycles. The predicted octanol–water partition coefficient (Wildman–Crippen LogP) is 3.51. The van der Waals surface area contributed by atoms with Crippen molar-refractivity contribution in [2.24, 2.45) is 0 Å². The van der Waals surface area contributed by atoms with Crippen LogP contribution in [0, 0.1) is 0 Å². The molecule has 0 atom stereocenters. The van der Waals surface area contributed by atoms with Gasteiger partial charge in [-0.05, 0) is 24.3 Å². The van der Waals surface area contributed by atoms with E-state index in [1.54, 1.807) is 6.20 Å². The molecule has 0 aromatic carbocycles. The molecule has 18 heavy (non-hydrogen) atoms. The van der Waals surface area contributed by atoms with Gasteiger partial charge in [-0.3, -0.25) is 4.98 Å². The second-order valence-electron chi connectivity index (χ2n) is 3.91. The van der Waals surface area contributed by atoms with Crippen LogP contribution in [0.3, 0.4) is 0 Å². The van der Waals surface area contributed by atoms with Crippen LogP contribution in [0.25, 0.3) is 0 Å². The first-order chi connectivity index (χ1) is 8.70. The van der Waals surface area contributed by atoms with Crippen LogP contribution in [-0.4, -0.2) is 17.0 Å². The van der Waals surface area contributed by atoms with E-state index in [4.69, 9.17) is 23.2 Å². The molecule has 2 aromatic rings. The van der Waals surface area contributed by atoms with Gasteiger partial charge in [-0.2, -0.15) is 0 Å². The number of hydrogen-bond acceptors (Lipinski definition) is 3. The minimum atomic E-state index is 0.310. The third kappa shape index (κ3) is 3.12. The molecular formula is C13H13Cl2N3. The highest BCUT2D eigenvalue weighted by Crippen LogP contribution is 2.20. The predicted molar refractivity (Wildman–Crippen MR) is 75.1 cm³/mol. The van der Waals surface area contributed by atoms with Crippen LogP contribution in [0.5, 0.6) is 0 Å². The molecule has 0 saturated heterocycles. The van der Waals surface area contributed by atoms with Gasteiger partial charge in [0.2, 0.25) is 0 Å². The molecule has 5 heteroatoms. The number of halogens is 2. The van der Waals surface area contributed by atoms with Crippen molar-refractivity contribution < 1.29 is 0 Å². The Morgan fingerprint density at radius 1 is 1.22 bits per heavy atom. The molecule has 0 N–H and O–H groups in total. The summed E-state index contributed by atoms with van der Waals surface area (Å²) in [6.45, 7) is 0.692. The van der Waals surface area contributed by atoms with E-state index in [1.165, 1.54) is 0 Å². The molecule has 3 nitrogen and oxygen atoms in total. The van der Waals surface area contributed by atoms with Gasteiger partial charge in [-0.25, -0.2) is 4.98 Å². The van der Waals surface area contributed by atoms with Crippen molar-refractivity contribution in [2.75, 3.05) is 11.9 Å². The van der Waals surface area contributed by atoms with Crippen LogP contribution < -0.4 is 4.90 Å². The van der Waals surface area contributed by atoms with Crippen molar-refractivity contribution in [3.05, 3.63) is 52.9 Å². The van der Waals surface area contributed by atoms with Crippen LogP contribution in [0.4, 0.5) is 5.82 Å². The van der Waals surface area contributed by atoms with Crippen LogP contribution in [0.2, 0.25) is 5.02 Å². The van der Waals surface area contributed by atoms with Crippen molar-refractivity contribution in [2.45, 2.75) is 12.4 Å². The fourth-order valence-electron chi connectivity index (χ4n) is 1.59. The SMILES string of the molecule is CN(Cc1ccccn1)c1ccc(Cl)c(CCl)n1. The molecule has 0 saturated carbocycles. The van der Waals surface area contributed by atoms with E-state index >= 15 is 0 Å². The maximum Gasteiger partial charge on any atom is 0.129 e. The standard InChI is InChI=1S/C13H13Cl2N3/c1-18(9-10-4-2-3-7-16-10)13-6-5-11(15)12(8-14)17-13/h2-7H,8-9H2,1H3. The van der Waals surface area contributed by atoms with E-state index in [9.17, 15) is 0 Å². The Labute approximate surface area is 116 Å². The molecule has 0 bridgehead atoms. The summed E-state index contributed by atoms with van der Waals surface area (Å²) in [5, 5.41) is 0.597. The van der Waals surface area contributed by atoms with Gasteiger partial charge in [0.1, 0.15) is 5.82 Å². The summed E-state index contributed by atoms with van der Waals surface area (Å²) >= 11 is 11.8. The molecule has 0 spiro atoms. The average Bonchev–Trinajstić information content (AvgIpc) is 2.40. The van der Waals surface area contributed by atoms with Crippen molar-refractivity contribution in [1.29, 1.82) is 0 Å². The Hall–Kier alpha value is -1.32. The fourth-order valence-corrected chi connectivity index (χ4v) is 2.04. The van der Waals surface area contributed by atoms with Crippen LogP contribution in [-0.2, 0) is 12.4 Å². The highest BCUT2D eigenvalue weighted by molar-refractivity contribution is 6.32. The topological polar surface area (TPSA) is 29.0 Å². The molecule has 0 aliphatic rings. The van der Waals surface area contributed by atoms with Gasteiger partial charge in [-0.15, -0.1) is 11.6 Å². The number of hydrogen-bond donors (Lipinski definition) is 0. The van der Waals surface area contributed by atoms with Gasteiger partial charge < -0.3 is 4.90 Å². The Kier molecular flexibility index (Phi) is 4.39. The highest BCUT2D eigenvalue weighted by Gasteiger charge is 2.07. The number of anilines is 1. The summed E-state index contributed by atoms with van der Waals surface area (Å²) in [5.41, 5.74) is 1.69. The first-order valence-electron chi connectivity index (χ1n) is 5.53. The van der Waals surface area contributed by atoms with Gasteiger partial charge >= 0.3 is 0 Å². The largest absolute Gasteiger partial charge is 0.354 e. The van der Waals surface area contributed by atoms with Crippen molar-refractivity contribution in [3.8, 4) is 0 Å². The summed E-state index contributed by atoms with van der Waals surface area (Å²) in [7, 11) is 1.96. The van der Waals surface area contributed by atoms with Gasteiger partial charge in [0.15, 0.2) is 0 Å². The van der Waals surface area contributed by atoms with Gasteiger partial charge in [0, 0.05) is 13.2 Å². The van der Waals surface area contributed by atoms with Crippen LogP contribution in [0.15, 0.2) is 36.5 Å². The lowest BCUT2D eigenvalue weighted by atomic mass is 10.3. The maximum absolute atomic E-state index is 5.98. The summed E-state index contributed by atoms with van der Waals surface area (Å²) in [6.07, 6.45) is 1.78. The normalized spacial score (nSPS) is 10.4. The summed E-state index contributed by atoms with van der Waals surface area (Å²) in [6, 6.07) is 9.54. The van der Waals surface area contributed by atoms with Crippen molar-refractivity contribution >= 4 is 29.0 Å². The Morgan fingerprint density at radius 2 is 2.06 bits per heavy atom. The molecule has 0 aliphatic carbocycles. The number of aromatic nitrogens is 2. The van der Waals surface area contributed by atoms with E-state index in [2.05, 4.69) is 9.97 Å². The third-order valence-electron chi connectivity index (χ3n) is 2.55. The van der Waals surface area contributed by atoms with Crippen LogP contribution in [0.1, 0.15) is 11.4 Å². The van der Waals surface area contributed by atoms with E-state index in [0.717, 1.165) is 11.5 Å². The van der Waals surface area contributed by atoms with Gasteiger partial charge in [0.25, 0.3) is 0 Å². The van der Waals surface area contributed by atoms with Crippen LogP contribution >= 0.6 is 23.2 Å². The van der Waals surface area contributed by atoms with E-state index in [-0.39, 0.29) is 0 Å². The molecule has 0 unspecified atom stereocenters. The molecule has 0 fully saturated rings. The summed E-state index contributed by atoms with van der Waals surface area (Å²) in [5.74, 6) is 1.14. The molecular weight excluding hydrogens is 269 g/mol. The average molecular weight is 282 g/mol. The molecule has 2 rings (SSSR count). The minimum absolute atomic E-state index is 0.310. The van der Waals surface area contributed by atoms with E-state index in [0.29, 0.717) is 23.1 Å². The second kappa shape index (κ2) is 6.03. The first-order valence-corrected chi connectivity index (χ1v) is 6.44. The molecule has 2 aromatic heterocycles. The number of rotatable bonds is 4. The second-order valence-corrected chi connectivity index (χ2v) is 4.58. The lowest BCUT2D eigenvalue weighted by Gasteiger charge is -2.18. The zero-order valence-corrected chi connectivity index (χ0v) is 11.5. The fraction of sp³-hybridized carbons (Fsp3) is 0.231. The monoisotopic (exact) mass is 281 g/mol. The smallest absolute Gasteiger partial charge is 0.129 e. The highest BCUT2D eigenvalue weighted by atomic mass is 35.5. The first kappa shape index (κ1) is 13.1. The quantitative estimate of drug-likeness (QED) is 0.804. The Balaban J connectivity index is 2.16. The third-order valence-corrected chi connectivity index (χ3v) is 3.14. The van der Waals surface area contributed by atoms with Gasteiger partial charge in [0.05, 0.1) is 28.8 Å². The molecule has 0 radical (unpaired) electrons. The summed E-state index contributed by atoms with van der Waals surface area (Å²) < 4.78 is 0. The molecule has 0 amide bonds. The number of pyridine rings is 2. The Bertz CT molecular complexity index is 517. The Morgan fingerprint density at radius 3 is 2.72 bits per heavy atom. The zero-order chi connectivity index (χ0) is 13.0. The molecule has 94 valence electrons. The molecule has 0 aliphatic heterocycles. The minimum Gasteiger partial charge on any atom is -0.354 e. The number of nitrogens with zero attached hydrogens (tertiary/aromatic N) is 3. The zero-order valence-electron chi connectivity index (χ0n) is 9.98.